The number of nitrogens with two attached hydrogens (primary N) is 1. The minimum Gasteiger partial charge on any atom is -0.369 e. The lowest BCUT2D eigenvalue weighted by Crippen LogP contribution is -2.55. The first-order valence-corrected chi connectivity index (χ1v) is 4.27. The maximum atomic E-state index is 11.3. The molecule has 1 rings (SSSR count). The van der Waals surface area contributed by atoms with E-state index in [9.17, 15) is 9.59 Å². The topological polar surface area (TPSA) is 66.6 Å². The predicted octanol–water partition coefficient (Wildman–Crippen LogP) is -1.37. The summed E-state index contributed by atoms with van der Waals surface area (Å²) in [6.07, 6.45) is 0. The monoisotopic (exact) mass is 185 g/mol. The van der Waals surface area contributed by atoms with Gasteiger partial charge in [-0.1, -0.05) is 0 Å². The van der Waals surface area contributed by atoms with Gasteiger partial charge in [-0.2, -0.15) is 0 Å². The molecule has 5 nitrogen and oxygen atoms in total. The van der Waals surface area contributed by atoms with Crippen molar-refractivity contribution in [1.29, 1.82) is 0 Å². The summed E-state index contributed by atoms with van der Waals surface area (Å²) in [5.74, 6) is -0.343. The number of amides is 2. The van der Waals surface area contributed by atoms with E-state index in [0.717, 1.165) is 0 Å². The van der Waals surface area contributed by atoms with E-state index in [4.69, 9.17) is 5.73 Å². The van der Waals surface area contributed by atoms with Crippen LogP contribution in [0, 0.1) is 0 Å². The Kier molecular flexibility index (Phi) is 2.87. The van der Waals surface area contributed by atoms with Crippen molar-refractivity contribution in [3.8, 4) is 0 Å². The Morgan fingerprint density at radius 1 is 1.69 bits per heavy atom. The van der Waals surface area contributed by atoms with E-state index in [1.165, 1.54) is 0 Å². The zero-order valence-corrected chi connectivity index (χ0v) is 7.99. The van der Waals surface area contributed by atoms with E-state index in [1.54, 1.807) is 16.8 Å². The van der Waals surface area contributed by atoms with Crippen LogP contribution in [0.3, 0.4) is 0 Å². The molecule has 1 fully saturated rings. The maximum absolute atomic E-state index is 11.3. The first-order valence-electron chi connectivity index (χ1n) is 4.27. The van der Waals surface area contributed by atoms with Crippen LogP contribution in [-0.4, -0.2) is 54.3 Å². The molecule has 0 aromatic heterocycles. The molecule has 74 valence electrons. The first-order chi connectivity index (χ1) is 6.00. The van der Waals surface area contributed by atoms with E-state index in [0.29, 0.717) is 13.1 Å². The van der Waals surface area contributed by atoms with Crippen molar-refractivity contribution >= 4 is 11.8 Å². The van der Waals surface area contributed by atoms with Gasteiger partial charge in [0.2, 0.25) is 11.8 Å². The number of piperazine rings is 1. The molecule has 1 atom stereocenters. The van der Waals surface area contributed by atoms with Crippen LogP contribution in [0.2, 0.25) is 0 Å². The van der Waals surface area contributed by atoms with Crippen molar-refractivity contribution in [1.82, 2.24) is 9.80 Å². The van der Waals surface area contributed by atoms with Crippen molar-refractivity contribution < 1.29 is 9.59 Å². The van der Waals surface area contributed by atoms with Crippen molar-refractivity contribution in [2.45, 2.75) is 13.0 Å². The highest BCUT2D eigenvalue weighted by Gasteiger charge is 2.27. The molecule has 0 bridgehead atoms. The maximum Gasteiger partial charge on any atom is 0.236 e. The highest BCUT2D eigenvalue weighted by atomic mass is 16.2. The number of carbonyl (C=O) groups is 2. The molecule has 0 aromatic rings. The van der Waals surface area contributed by atoms with Gasteiger partial charge in [0, 0.05) is 19.6 Å². The molecule has 2 amide bonds. The van der Waals surface area contributed by atoms with Gasteiger partial charge in [0.25, 0.3) is 0 Å². The average Bonchev–Trinajstić information content (AvgIpc) is 1.98. The minimum absolute atomic E-state index is 0.0417. The lowest BCUT2D eigenvalue weighted by Gasteiger charge is -2.36. The summed E-state index contributed by atoms with van der Waals surface area (Å²) in [5, 5.41) is 0. The third-order valence-electron chi connectivity index (χ3n) is 2.32. The molecule has 0 saturated carbocycles. The van der Waals surface area contributed by atoms with Gasteiger partial charge in [-0.15, -0.1) is 0 Å². The van der Waals surface area contributed by atoms with Crippen LogP contribution in [-0.2, 0) is 9.59 Å². The summed E-state index contributed by atoms with van der Waals surface area (Å²) < 4.78 is 0. The zero-order valence-electron chi connectivity index (χ0n) is 7.99. The van der Waals surface area contributed by atoms with Crippen LogP contribution < -0.4 is 5.73 Å². The Morgan fingerprint density at radius 3 is 2.77 bits per heavy atom. The fraction of sp³-hybridized carbons (Fsp3) is 0.750. The molecule has 1 saturated heterocycles. The van der Waals surface area contributed by atoms with Crippen LogP contribution in [0.25, 0.3) is 0 Å². The normalized spacial score (nSPS) is 24.9. The van der Waals surface area contributed by atoms with Gasteiger partial charge in [-0.25, -0.2) is 0 Å². The molecule has 13 heavy (non-hydrogen) atoms. The SMILES string of the molecule is CC1CN(CC(N)=O)CC(=O)N1C. The summed E-state index contributed by atoms with van der Waals surface area (Å²) in [7, 11) is 1.77. The van der Waals surface area contributed by atoms with E-state index in [1.807, 2.05) is 6.92 Å². The van der Waals surface area contributed by atoms with Crippen molar-refractivity contribution in [2.24, 2.45) is 5.73 Å². The molecular weight excluding hydrogens is 170 g/mol. The summed E-state index contributed by atoms with van der Waals surface area (Å²) in [4.78, 5) is 25.4. The molecule has 1 aliphatic rings. The fourth-order valence-corrected chi connectivity index (χ4v) is 1.45. The molecule has 5 heteroatoms. The van der Waals surface area contributed by atoms with E-state index in [2.05, 4.69) is 0 Å². The summed E-state index contributed by atoms with van der Waals surface area (Å²) >= 11 is 0. The molecule has 0 radical (unpaired) electrons. The molecule has 0 aromatic carbocycles. The molecule has 0 aliphatic carbocycles. The van der Waals surface area contributed by atoms with Gasteiger partial charge in [-0.05, 0) is 6.92 Å². The van der Waals surface area contributed by atoms with Crippen LogP contribution in [0.15, 0.2) is 0 Å². The number of hydrogen-bond donors (Lipinski definition) is 1. The number of carbonyl (C=O) groups excluding carboxylic acids is 2. The number of primary amides is 1. The highest BCUT2D eigenvalue weighted by molar-refractivity contribution is 5.81. The molecule has 1 aliphatic heterocycles. The second kappa shape index (κ2) is 3.74. The van der Waals surface area contributed by atoms with E-state index < -0.39 is 0 Å². The van der Waals surface area contributed by atoms with Crippen molar-refractivity contribution in [2.75, 3.05) is 26.7 Å². The fourth-order valence-electron chi connectivity index (χ4n) is 1.45. The number of likely N-dealkylation sites (N-methyl/N-ethyl adjacent to an activating group) is 1. The largest absolute Gasteiger partial charge is 0.369 e. The smallest absolute Gasteiger partial charge is 0.236 e. The molecular formula is C8H15N3O2. The minimum atomic E-state index is -0.385. The average molecular weight is 185 g/mol. The van der Waals surface area contributed by atoms with Crippen molar-refractivity contribution in [3.05, 3.63) is 0 Å². The zero-order chi connectivity index (χ0) is 10.0. The van der Waals surface area contributed by atoms with Gasteiger partial charge >= 0.3 is 0 Å². The molecule has 2 N–H and O–H groups in total. The second-order valence-corrected chi connectivity index (χ2v) is 3.49. The Balaban J connectivity index is 2.53. The number of rotatable bonds is 2. The standard InChI is InChI=1S/C8H15N3O2/c1-6-3-11(4-7(9)12)5-8(13)10(6)2/h6H,3-5H2,1-2H3,(H2,9,12). The van der Waals surface area contributed by atoms with Gasteiger partial charge in [0.15, 0.2) is 0 Å². The third-order valence-corrected chi connectivity index (χ3v) is 2.32. The predicted molar refractivity (Wildman–Crippen MR) is 47.9 cm³/mol. The summed E-state index contributed by atoms with van der Waals surface area (Å²) in [6.45, 7) is 3.13. The Morgan fingerprint density at radius 2 is 2.31 bits per heavy atom. The first kappa shape index (κ1) is 9.98. The Bertz CT molecular complexity index is 229. The van der Waals surface area contributed by atoms with E-state index >= 15 is 0 Å². The Labute approximate surface area is 77.5 Å². The van der Waals surface area contributed by atoms with Crippen LogP contribution in [0.5, 0.6) is 0 Å². The quantitative estimate of drug-likeness (QED) is 0.577. The summed E-state index contributed by atoms with van der Waals surface area (Å²) in [6, 6.07) is 0.153. The lowest BCUT2D eigenvalue weighted by molar-refractivity contribution is -0.138. The van der Waals surface area contributed by atoms with Crippen LogP contribution in [0.1, 0.15) is 6.92 Å². The number of hydrogen-bond acceptors (Lipinski definition) is 3. The number of nitrogens with zero attached hydrogens (tertiary/aromatic N) is 2. The van der Waals surface area contributed by atoms with Crippen LogP contribution in [0.4, 0.5) is 0 Å². The van der Waals surface area contributed by atoms with Gasteiger partial charge in [0.05, 0.1) is 13.1 Å². The van der Waals surface area contributed by atoms with Gasteiger partial charge in [-0.3, -0.25) is 14.5 Å². The van der Waals surface area contributed by atoms with Gasteiger partial charge in [0.1, 0.15) is 0 Å². The molecule has 0 spiro atoms. The van der Waals surface area contributed by atoms with E-state index in [-0.39, 0.29) is 24.4 Å². The lowest BCUT2D eigenvalue weighted by atomic mass is 10.2. The molecule has 1 heterocycles. The second-order valence-electron chi connectivity index (χ2n) is 3.49. The molecule has 1 unspecified atom stereocenters. The summed E-state index contributed by atoms with van der Waals surface area (Å²) in [5.41, 5.74) is 5.04. The van der Waals surface area contributed by atoms with Gasteiger partial charge < -0.3 is 10.6 Å². The van der Waals surface area contributed by atoms with Crippen molar-refractivity contribution in [3.63, 3.8) is 0 Å². The Hall–Kier alpha value is -1.10. The van der Waals surface area contributed by atoms with Crippen LogP contribution >= 0.6 is 0 Å². The highest BCUT2D eigenvalue weighted by Crippen LogP contribution is 2.07. The third kappa shape index (κ3) is 2.42.